The zero-order valence-corrected chi connectivity index (χ0v) is 17.2. The van der Waals surface area contributed by atoms with Crippen molar-refractivity contribution in [2.45, 2.75) is 32.7 Å². The van der Waals surface area contributed by atoms with Gasteiger partial charge in [0.05, 0.1) is 11.9 Å². The minimum Gasteiger partial charge on any atom is -0.310 e. The van der Waals surface area contributed by atoms with Crippen LogP contribution in [0.4, 0.5) is 11.4 Å². The fourth-order valence-corrected chi connectivity index (χ4v) is 4.97. The summed E-state index contributed by atoms with van der Waals surface area (Å²) < 4.78 is 26.3. The van der Waals surface area contributed by atoms with Gasteiger partial charge >= 0.3 is 0 Å². The lowest BCUT2D eigenvalue weighted by Crippen LogP contribution is -2.51. The molecule has 0 spiro atoms. The third kappa shape index (κ3) is 3.96. The van der Waals surface area contributed by atoms with Crippen LogP contribution in [0.5, 0.6) is 0 Å². The van der Waals surface area contributed by atoms with Crippen molar-refractivity contribution in [2.24, 2.45) is 0 Å². The Kier molecular flexibility index (Phi) is 5.49. The maximum Gasteiger partial charge on any atom is 0.250 e. The Morgan fingerprint density at radius 3 is 2.63 bits per heavy atom. The normalized spacial score (nSPS) is 15.2. The average molecular weight is 407 g/mol. The lowest BCUT2D eigenvalue weighted by molar-refractivity contribution is -0.119. The van der Waals surface area contributed by atoms with E-state index in [0.29, 0.717) is 17.3 Å². The number of benzene rings is 2. The van der Waals surface area contributed by atoms with Crippen LogP contribution >= 0.6 is 11.6 Å². The predicted molar refractivity (Wildman–Crippen MR) is 110 cm³/mol. The molecule has 7 heteroatoms. The van der Waals surface area contributed by atoms with Crippen LogP contribution in [-0.2, 0) is 21.2 Å². The smallest absolute Gasteiger partial charge is 0.250 e. The molecule has 0 saturated carbocycles. The first-order valence-electron chi connectivity index (χ1n) is 8.85. The maximum absolute atomic E-state index is 13.3. The number of para-hydroxylation sites is 1. The van der Waals surface area contributed by atoms with E-state index in [4.69, 9.17) is 11.6 Å². The second-order valence-electron chi connectivity index (χ2n) is 6.89. The van der Waals surface area contributed by atoms with E-state index >= 15 is 0 Å². The van der Waals surface area contributed by atoms with Gasteiger partial charge in [0.25, 0.3) is 5.91 Å². The number of amides is 1. The SMILES string of the molecule is Cc1ccc(Cl)cc1N([C@H](C)C(=O)N1CCCc2ccccc21)S(C)(=O)=O. The van der Waals surface area contributed by atoms with E-state index in [1.807, 2.05) is 24.3 Å². The van der Waals surface area contributed by atoms with Crippen LogP contribution in [0.15, 0.2) is 42.5 Å². The molecule has 1 heterocycles. The fourth-order valence-electron chi connectivity index (χ4n) is 3.58. The van der Waals surface area contributed by atoms with Gasteiger partial charge < -0.3 is 4.90 Å². The Bertz CT molecular complexity index is 975. The molecular weight excluding hydrogens is 384 g/mol. The van der Waals surface area contributed by atoms with E-state index in [9.17, 15) is 13.2 Å². The van der Waals surface area contributed by atoms with Gasteiger partial charge in [0.2, 0.25) is 10.0 Å². The summed E-state index contributed by atoms with van der Waals surface area (Å²) in [5, 5.41) is 0.423. The third-order valence-corrected chi connectivity index (χ3v) is 6.31. The summed E-state index contributed by atoms with van der Waals surface area (Å²) in [4.78, 5) is 15.0. The molecule has 2 aromatic carbocycles. The van der Waals surface area contributed by atoms with Gasteiger partial charge in [-0.1, -0.05) is 35.9 Å². The van der Waals surface area contributed by atoms with Crippen molar-refractivity contribution < 1.29 is 13.2 Å². The second-order valence-corrected chi connectivity index (χ2v) is 9.18. The zero-order valence-electron chi connectivity index (χ0n) is 15.6. The highest BCUT2D eigenvalue weighted by molar-refractivity contribution is 7.92. The Labute approximate surface area is 165 Å². The molecule has 2 aromatic rings. The zero-order chi connectivity index (χ0) is 19.8. The second kappa shape index (κ2) is 7.52. The summed E-state index contributed by atoms with van der Waals surface area (Å²) in [6.07, 6.45) is 2.88. The maximum atomic E-state index is 13.3. The van der Waals surface area contributed by atoms with E-state index in [-0.39, 0.29) is 5.91 Å². The van der Waals surface area contributed by atoms with Gasteiger partial charge in [0.15, 0.2) is 0 Å². The molecule has 1 atom stereocenters. The summed E-state index contributed by atoms with van der Waals surface area (Å²) in [5.41, 5.74) is 3.13. The number of rotatable bonds is 4. The van der Waals surface area contributed by atoms with Gasteiger partial charge in [0, 0.05) is 17.3 Å². The van der Waals surface area contributed by atoms with Gasteiger partial charge in [-0.05, 0) is 56.0 Å². The molecule has 0 saturated heterocycles. The molecule has 0 unspecified atom stereocenters. The molecule has 5 nitrogen and oxygen atoms in total. The monoisotopic (exact) mass is 406 g/mol. The number of anilines is 2. The van der Waals surface area contributed by atoms with Crippen molar-refractivity contribution in [1.29, 1.82) is 0 Å². The molecule has 1 amide bonds. The Morgan fingerprint density at radius 1 is 1.22 bits per heavy atom. The molecule has 0 bridgehead atoms. The van der Waals surface area contributed by atoms with Gasteiger partial charge in [0.1, 0.15) is 6.04 Å². The minimum absolute atomic E-state index is 0.244. The first-order chi connectivity index (χ1) is 12.7. The third-order valence-electron chi connectivity index (χ3n) is 4.85. The van der Waals surface area contributed by atoms with Crippen molar-refractivity contribution in [3.63, 3.8) is 0 Å². The summed E-state index contributed by atoms with van der Waals surface area (Å²) in [6.45, 7) is 4.00. The molecule has 0 aromatic heterocycles. The number of nitrogens with zero attached hydrogens (tertiary/aromatic N) is 2. The number of fused-ring (bicyclic) bond motifs is 1. The summed E-state index contributed by atoms with van der Waals surface area (Å²) in [7, 11) is -3.69. The molecule has 3 rings (SSSR count). The Balaban J connectivity index is 2.02. The minimum atomic E-state index is -3.69. The highest BCUT2D eigenvalue weighted by Gasteiger charge is 2.34. The first-order valence-corrected chi connectivity index (χ1v) is 11.1. The lowest BCUT2D eigenvalue weighted by atomic mass is 10.0. The van der Waals surface area contributed by atoms with Gasteiger partial charge in [-0.2, -0.15) is 0 Å². The van der Waals surface area contributed by atoms with Crippen LogP contribution < -0.4 is 9.21 Å². The number of sulfonamides is 1. The van der Waals surface area contributed by atoms with E-state index in [1.54, 1.807) is 36.9 Å². The summed E-state index contributed by atoms with van der Waals surface area (Å²) in [5.74, 6) is -0.244. The Hall–Kier alpha value is -2.05. The van der Waals surface area contributed by atoms with Crippen LogP contribution in [0.3, 0.4) is 0 Å². The van der Waals surface area contributed by atoms with Gasteiger partial charge in [-0.25, -0.2) is 8.42 Å². The van der Waals surface area contributed by atoms with E-state index in [2.05, 4.69) is 0 Å². The van der Waals surface area contributed by atoms with Crippen LogP contribution in [0, 0.1) is 6.92 Å². The largest absolute Gasteiger partial charge is 0.310 e. The molecule has 0 fully saturated rings. The molecular formula is C20H23ClN2O3S. The van der Waals surface area contributed by atoms with Gasteiger partial charge in [-0.3, -0.25) is 9.10 Å². The highest BCUT2D eigenvalue weighted by Crippen LogP contribution is 2.31. The highest BCUT2D eigenvalue weighted by atomic mass is 35.5. The first kappa shape index (κ1) is 19.7. The number of carbonyl (C=O) groups excluding carboxylic acids is 1. The molecule has 27 heavy (non-hydrogen) atoms. The number of carbonyl (C=O) groups is 1. The van der Waals surface area contributed by atoms with Crippen molar-refractivity contribution in [1.82, 2.24) is 0 Å². The van der Waals surface area contributed by atoms with Crippen molar-refractivity contribution in [2.75, 3.05) is 22.0 Å². The van der Waals surface area contributed by atoms with E-state index < -0.39 is 16.1 Å². The molecule has 1 aliphatic rings. The molecule has 144 valence electrons. The van der Waals surface area contributed by atoms with Crippen LogP contribution in [-0.4, -0.2) is 33.2 Å². The number of hydrogen-bond acceptors (Lipinski definition) is 3. The molecule has 0 N–H and O–H groups in total. The fraction of sp³-hybridized carbons (Fsp3) is 0.350. The topological polar surface area (TPSA) is 57.7 Å². The molecule has 1 aliphatic heterocycles. The van der Waals surface area contributed by atoms with Crippen LogP contribution in [0.1, 0.15) is 24.5 Å². The molecule has 0 aliphatic carbocycles. The lowest BCUT2D eigenvalue weighted by Gasteiger charge is -2.36. The molecule has 0 radical (unpaired) electrons. The van der Waals surface area contributed by atoms with Crippen molar-refractivity contribution in [3.05, 3.63) is 58.6 Å². The van der Waals surface area contributed by atoms with Crippen LogP contribution in [0.25, 0.3) is 0 Å². The summed E-state index contributed by atoms with van der Waals surface area (Å²) >= 11 is 6.09. The Morgan fingerprint density at radius 2 is 1.93 bits per heavy atom. The van der Waals surface area contributed by atoms with Crippen molar-refractivity contribution in [3.8, 4) is 0 Å². The van der Waals surface area contributed by atoms with Crippen molar-refractivity contribution >= 4 is 38.9 Å². The van der Waals surface area contributed by atoms with E-state index in [0.717, 1.165) is 35.9 Å². The summed E-state index contributed by atoms with van der Waals surface area (Å²) in [6, 6.07) is 11.9. The van der Waals surface area contributed by atoms with Gasteiger partial charge in [-0.15, -0.1) is 0 Å². The number of hydrogen-bond donors (Lipinski definition) is 0. The van der Waals surface area contributed by atoms with Crippen LogP contribution in [0.2, 0.25) is 5.02 Å². The average Bonchev–Trinajstić information content (AvgIpc) is 2.62. The number of aryl methyl sites for hydroxylation is 2. The predicted octanol–water partition coefficient (Wildman–Crippen LogP) is 3.78. The quantitative estimate of drug-likeness (QED) is 0.776. The van der Waals surface area contributed by atoms with E-state index in [1.165, 1.54) is 4.31 Å². The standard InChI is InChI=1S/C20H23ClN2O3S/c1-14-10-11-17(21)13-19(14)23(27(3,25)26)15(2)20(24)22-12-6-8-16-7-4-5-9-18(16)22/h4-5,7,9-11,13,15H,6,8,12H2,1-3H3/t15-/m1/s1. The number of halogens is 1.